The second-order valence-electron chi connectivity index (χ2n) is 32.8. The molecule has 0 unspecified atom stereocenters. The van der Waals surface area contributed by atoms with Crippen LogP contribution in [-0.4, -0.2) is 45.1 Å². The summed E-state index contributed by atoms with van der Waals surface area (Å²) in [6, 6.07) is 94.1. The molecule has 0 saturated heterocycles. The Balaban J connectivity index is 0.0000000794. The zero-order chi connectivity index (χ0) is 75.4. The lowest BCUT2D eigenvalue weighted by molar-refractivity contribution is 0.463. The Morgan fingerprint density at radius 1 is 0.190 bits per heavy atom. The minimum Gasteiger partial charge on any atom is -0.458 e. The van der Waals surface area contributed by atoms with Crippen molar-refractivity contribution in [1.29, 1.82) is 0 Å². The van der Waals surface area contributed by atoms with E-state index in [9.17, 15) is 0 Å². The van der Waals surface area contributed by atoms with E-state index in [1.54, 1.807) is 0 Å². The van der Waals surface area contributed by atoms with Gasteiger partial charge in [0.25, 0.3) is 26.9 Å². The summed E-state index contributed by atoms with van der Waals surface area (Å²) >= 11 is 0. The minimum atomic E-state index is 0.143. The van der Waals surface area contributed by atoms with E-state index in [4.69, 9.17) is 37.9 Å². The van der Waals surface area contributed by atoms with Gasteiger partial charge in [0.05, 0.1) is 44.1 Å². The van der Waals surface area contributed by atoms with Gasteiger partial charge >= 0.3 is 0 Å². The number of nitrogens with zero attached hydrogens (tertiary/aromatic N) is 4. The molecule has 16 aromatic carbocycles. The lowest BCUT2D eigenvalue weighted by Crippen LogP contribution is -2.60. The van der Waals surface area contributed by atoms with Crippen LogP contribution in [0, 0.1) is 27.7 Å². The maximum Gasteiger partial charge on any atom is 0.266 e. The Morgan fingerprint density at radius 2 is 0.517 bits per heavy atom. The molecule has 536 valence electrons. The summed E-state index contributed by atoms with van der Waals surface area (Å²) in [6.07, 6.45) is 0. The molecule has 0 N–H and O–H groups in total. The Kier molecular flexibility index (Phi) is 11.0. The Hall–Kier alpha value is -14.6. The van der Waals surface area contributed by atoms with Crippen molar-refractivity contribution in [3.05, 3.63) is 289 Å². The molecule has 0 fully saturated rings. The molecule has 0 atom stereocenters. The van der Waals surface area contributed by atoms with E-state index in [1.807, 2.05) is 24.3 Å². The molecule has 0 radical (unpaired) electrons. The summed E-state index contributed by atoms with van der Waals surface area (Å²) in [5, 5.41) is 10.4. The lowest BCUT2D eigenvalue weighted by Gasteiger charge is -2.37. The monoisotopic (exact) mass is 1480 g/mol. The third-order valence-corrected chi connectivity index (χ3v) is 26.9. The maximum atomic E-state index is 6.45. The molecule has 20 aromatic rings. The standard InChI is InChI=1S/4C25H14BNO2/c1-13-5-2-6-15-21(13)14-11-12-20-24-25(14)27(15)16-7-3-8-17-22(16)26(24)23-18(28-17)9-4-10-19(23)29-20;1-13-8-10-16-15(12-13)14-9-11-21-24-25(14)27(16)17-4-2-5-18-22(17)26(24)23-19(28-18)6-3-7-20(23)29-21;1-13-8-9-14-15-10-11-21-24-25(15)27(17(14)12-13)16-4-2-5-18-22(16)26(24)23-19(28-18)6-3-7-20(23)29-21;1-13-12-20-24-25-21(13)14-6-2-3-7-15(14)27(25)16-8-4-9-17-22(16)26(24)23-18(28-17)10-5-11-19(23)29-20/h4*2-12H,1H3. The topological polar surface area (TPSA) is 93.6 Å². The summed E-state index contributed by atoms with van der Waals surface area (Å²) in [4.78, 5) is 0. The summed E-state index contributed by atoms with van der Waals surface area (Å²) in [5.41, 5.74) is 34.6. The molecule has 12 aliphatic rings. The summed E-state index contributed by atoms with van der Waals surface area (Å²) in [7, 11) is 0. The van der Waals surface area contributed by atoms with Gasteiger partial charge in [0.1, 0.15) is 92.0 Å². The highest BCUT2D eigenvalue weighted by molar-refractivity contribution is 7.03. The molecule has 0 spiro atoms. The molecule has 0 amide bonds. The van der Waals surface area contributed by atoms with Crippen molar-refractivity contribution in [3.63, 3.8) is 0 Å². The zero-order valence-corrected chi connectivity index (χ0v) is 62.8. The van der Waals surface area contributed by atoms with Crippen LogP contribution in [0.4, 0.5) is 0 Å². The van der Waals surface area contributed by atoms with E-state index in [0.29, 0.717) is 0 Å². The fourth-order valence-corrected chi connectivity index (χ4v) is 22.7. The van der Waals surface area contributed by atoms with Crippen LogP contribution in [0.2, 0.25) is 0 Å². The smallest absolute Gasteiger partial charge is 0.266 e. The first-order chi connectivity index (χ1) is 57.2. The van der Waals surface area contributed by atoms with Crippen LogP contribution in [0.1, 0.15) is 22.3 Å². The van der Waals surface area contributed by atoms with Gasteiger partial charge in [-0.3, -0.25) is 0 Å². The summed E-state index contributed by atoms with van der Waals surface area (Å²) < 4.78 is 60.8. The normalized spacial score (nSPS) is 14.2. The summed E-state index contributed by atoms with van der Waals surface area (Å²) in [6.45, 7) is 9.28. The fraction of sp³-hybridized carbons (Fsp3) is 0.0400. The second-order valence-corrected chi connectivity index (χ2v) is 32.8. The predicted octanol–water partition coefficient (Wildman–Crippen LogP) is 16.5. The second kappa shape index (κ2) is 21.0. The molecule has 12 aliphatic heterocycles. The first-order valence-electron chi connectivity index (χ1n) is 40.0. The Bertz CT molecular complexity index is 8020. The molecule has 4 aromatic heterocycles. The molecule has 0 aliphatic carbocycles. The van der Waals surface area contributed by atoms with Gasteiger partial charge in [-0.25, -0.2) is 0 Å². The van der Waals surface area contributed by atoms with Crippen molar-refractivity contribution >= 4 is 180 Å². The van der Waals surface area contributed by atoms with E-state index >= 15 is 0 Å². The van der Waals surface area contributed by atoms with Crippen molar-refractivity contribution < 1.29 is 37.9 Å². The number of benzene rings is 16. The van der Waals surface area contributed by atoms with Crippen molar-refractivity contribution in [1.82, 2.24) is 18.3 Å². The number of rotatable bonds is 0. The summed E-state index contributed by atoms with van der Waals surface area (Å²) in [5.74, 6) is 14.8. The van der Waals surface area contributed by atoms with Gasteiger partial charge in [-0.2, -0.15) is 0 Å². The van der Waals surface area contributed by atoms with Crippen LogP contribution in [0.15, 0.2) is 267 Å². The highest BCUT2D eigenvalue weighted by Crippen LogP contribution is 2.50. The SMILES string of the molecule is Cc1cc2c3c4c1c1ccccc1n4-c1cccc4c1B3c1c(cccc1O2)O4.Cc1ccc2c(c1)c1ccc3c4c1n2-c1cccc2c1B4c1c(cccc1O3)O2.Cc1ccc2c3ccc4c5c3n(c2c1)-c1cccc2c1B5c1c(cccc1O4)O2.Cc1cccc2c1c1ccc3c4c1n2-c1cccc2c1B4c1c(cccc1O3)O2. The van der Waals surface area contributed by atoms with Gasteiger partial charge in [-0.05, 0) is 258 Å². The van der Waals surface area contributed by atoms with Crippen LogP contribution in [-0.2, 0) is 0 Å². The van der Waals surface area contributed by atoms with Gasteiger partial charge in [-0.1, -0.05) is 103 Å². The van der Waals surface area contributed by atoms with E-state index in [1.165, 1.54) is 176 Å². The number of para-hydroxylation sites is 1. The van der Waals surface area contributed by atoms with Gasteiger partial charge in [0.2, 0.25) is 0 Å². The van der Waals surface area contributed by atoms with Crippen molar-refractivity contribution in [2.45, 2.75) is 27.7 Å². The zero-order valence-electron chi connectivity index (χ0n) is 62.8. The highest BCUT2D eigenvalue weighted by atomic mass is 16.5. The molecule has 0 bridgehead atoms. The van der Waals surface area contributed by atoms with Gasteiger partial charge in [0.15, 0.2) is 0 Å². The fourth-order valence-electron chi connectivity index (χ4n) is 22.7. The third-order valence-electron chi connectivity index (χ3n) is 26.9. The van der Waals surface area contributed by atoms with E-state index < -0.39 is 0 Å². The molecule has 16 heteroatoms. The minimum absolute atomic E-state index is 0.143. The van der Waals surface area contributed by atoms with Crippen molar-refractivity contribution in [3.8, 4) is 115 Å². The molecule has 12 nitrogen and oxygen atoms in total. The maximum absolute atomic E-state index is 6.45. The number of fused-ring (bicyclic) bond motifs is 16. The first kappa shape index (κ1) is 61.0. The number of aryl methyl sites for hydroxylation is 4. The average molecular weight is 1480 g/mol. The number of hydrogen-bond donors (Lipinski definition) is 0. The number of aromatic nitrogens is 4. The molecular weight excluding hydrogens is 1430 g/mol. The molecule has 32 rings (SSSR count). The predicted molar refractivity (Wildman–Crippen MR) is 467 cm³/mol. The van der Waals surface area contributed by atoms with Crippen LogP contribution in [0.3, 0.4) is 0 Å². The lowest BCUT2D eigenvalue weighted by atomic mass is 9.33. The molecular formula is C100H56B4N4O8. The Labute approximate surface area is 663 Å². The van der Waals surface area contributed by atoms with E-state index in [2.05, 4.69) is 289 Å². The molecule has 116 heavy (non-hydrogen) atoms. The Morgan fingerprint density at radius 3 is 1.00 bits per heavy atom. The van der Waals surface area contributed by atoms with Crippen molar-refractivity contribution in [2.75, 3.05) is 0 Å². The largest absolute Gasteiger partial charge is 0.458 e. The number of ether oxygens (including phenoxy) is 8. The van der Waals surface area contributed by atoms with Gasteiger partial charge in [0, 0.05) is 87.7 Å². The van der Waals surface area contributed by atoms with Gasteiger partial charge in [-0.15, -0.1) is 0 Å². The van der Waals surface area contributed by atoms with Crippen LogP contribution >= 0.6 is 0 Å². The highest BCUT2D eigenvalue weighted by Gasteiger charge is 2.52. The molecule has 0 saturated carbocycles. The van der Waals surface area contributed by atoms with Crippen LogP contribution < -0.4 is 103 Å². The van der Waals surface area contributed by atoms with Gasteiger partial charge < -0.3 is 56.2 Å². The third kappa shape index (κ3) is 7.28. The quantitative estimate of drug-likeness (QED) is 0.139. The average Bonchev–Trinajstić information content (AvgIpc) is 1.45. The van der Waals surface area contributed by atoms with E-state index in [0.717, 1.165) is 114 Å². The first-order valence-corrected chi connectivity index (χ1v) is 40.0. The number of hydrogen-bond acceptors (Lipinski definition) is 8. The molecule has 16 heterocycles. The van der Waals surface area contributed by atoms with Crippen LogP contribution in [0.25, 0.3) is 110 Å². The van der Waals surface area contributed by atoms with E-state index in [-0.39, 0.29) is 26.9 Å². The van der Waals surface area contributed by atoms with Crippen LogP contribution in [0.5, 0.6) is 92.0 Å². The van der Waals surface area contributed by atoms with Crippen molar-refractivity contribution in [2.24, 2.45) is 0 Å².